The normalized spacial score (nSPS) is 10.4. The van der Waals surface area contributed by atoms with Crippen LogP contribution in [0.2, 0.25) is 0 Å². The maximum absolute atomic E-state index is 11.9. The topological polar surface area (TPSA) is 42.0 Å². The first-order valence-corrected chi connectivity index (χ1v) is 7.13. The molecule has 0 aliphatic heterocycles. The minimum atomic E-state index is -0.0709. The van der Waals surface area contributed by atoms with Gasteiger partial charge < -0.3 is 5.32 Å². The summed E-state index contributed by atoms with van der Waals surface area (Å²) in [5.41, 5.74) is 1.72. The van der Waals surface area contributed by atoms with Crippen molar-refractivity contribution in [3.8, 4) is 0 Å². The lowest BCUT2D eigenvalue weighted by atomic mass is 10.1. The van der Waals surface area contributed by atoms with Gasteiger partial charge in [0, 0.05) is 21.1 Å². The summed E-state index contributed by atoms with van der Waals surface area (Å²) in [6, 6.07) is 5.56. The number of carbonyl (C=O) groups excluding carboxylic acids is 1. The highest BCUT2D eigenvalue weighted by atomic mass is 79.9. The first kappa shape index (κ1) is 13.2. The minimum absolute atomic E-state index is 0.0709. The average Bonchev–Trinajstić information content (AvgIpc) is 2.75. The Labute approximate surface area is 118 Å². The molecule has 0 aliphatic rings. The SMILES string of the molecule is Cc1cnc(CNC(=O)c2ccc(Br)c(C)c2)s1. The second-order valence-corrected chi connectivity index (χ2v) is 6.18. The van der Waals surface area contributed by atoms with Gasteiger partial charge in [0.25, 0.3) is 5.91 Å². The number of thiazole rings is 1. The number of nitrogens with one attached hydrogen (secondary N) is 1. The van der Waals surface area contributed by atoms with Crippen LogP contribution in [0.5, 0.6) is 0 Å². The fourth-order valence-electron chi connectivity index (χ4n) is 1.53. The summed E-state index contributed by atoms with van der Waals surface area (Å²) < 4.78 is 1.01. The van der Waals surface area contributed by atoms with E-state index < -0.39 is 0 Å². The Morgan fingerprint density at radius 1 is 1.44 bits per heavy atom. The van der Waals surface area contributed by atoms with Gasteiger partial charge >= 0.3 is 0 Å². The molecule has 0 bridgehead atoms. The number of amides is 1. The molecule has 2 aromatic rings. The number of hydrogen-bond acceptors (Lipinski definition) is 3. The molecule has 2 rings (SSSR count). The number of hydrogen-bond donors (Lipinski definition) is 1. The molecule has 1 amide bonds. The van der Waals surface area contributed by atoms with E-state index in [1.165, 1.54) is 0 Å². The zero-order valence-corrected chi connectivity index (χ0v) is 12.6. The van der Waals surface area contributed by atoms with E-state index in [-0.39, 0.29) is 5.91 Å². The fraction of sp³-hybridized carbons (Fsp3) is 0.231. The van der Waals surface area contributed by atoms with Gasteiger partial charge in [-0.25, -0.2) is 4.98 Å². The molecule has 0 fully saturated rings. The third kappa shape index (κ3) is 3.17. The van der Waals surface area contributed by atoms with Crippen LogP contribution in [0.1, 0.15) is 25.8 Å². The molecule has 0 saturated carbocycles. The monoisotopic (exact) mass is 324 g/mol. The quantitative estimate of drug-likeness (QED) is 0.939. The van der Waals surface area contributed by atoms with E-state index in [4.69, 9.17) is 0 Å². The zero-order chi connectivity index (χ0) is 13.1. The van der Waals surface area contributed by atoms with Crippen LogP contribution in [0.25, 0.3) is 0 Å². The number of carbonyl (C=O) groups is 1. The first-order valence-electron chi connectivity index (χ1n) is 5.52. The van der Waals surface area contributed by atoms with Crippen LogP contribution in [-0.4, -0.2) is 10.9 Å². The Morgan fingerprint density at radius 2 is 2.22 bits per heavy atom. The molecule has 0 radical (unpaired) electrons. The lowest BCUT2D eigenvalue weighted by molar-refractivity contribution is 0.0951. The van der Waals surface area contributed by atoms with Crippen LogP contribution in [0.3, 0.4) is 0 Å². The maximum Gasteiger partial charge on any atom is 0.251 e. The van der Waals surface area contributed by atoms with Gasteiger partial charge in [0.2, 0.25) is 0 Å². The highest BCUT2D eigenvalue weighted by molar-refractivity contribution is 9.10. The molecular weight excluding hydrogens is 312 g/mol. The van der Waals surface area contributed by atoms with E-state index in [1.807, 2.05) is 32.2 Å². The van der Waals surface area contributed by atoms with E-state index in [0.29, 0.717) is 12.1 Å². The van der Waals surface area contributed by atoms with Crippen LogP contribution in [0.15, 0.2) is 28.9 Å². The predicted octanol–water partition coefficient (Wildman–Crippen LogP) is 3.45. The number of rotatable bonds is 3. The van der Waals surface area contributed by atoms with Gasteiger partial charge in [-0.2, -0.15) is 0 Å². The highest BCUT2D eigenvalue weighted by Crippen LogP contribution is 2.17. The summed E-state index contributed by atoms with van der Waals surface area (Å²) >= 11 is 5.01. The van der Waals surface area contributed by atoms with E-state index in [1.54, 1.807) is 17.4 Å². The van der Waals surface area contributed by atoms with Crippen molar-refractivity contribution in [2.45, 2.75) is 20.4 Å². The van der Waals surface area contributed by atoms with Crippen molar-refractivity contribution >= 4 is 33.2 Å². The van der Waals surface area contributed by atoms with Gasteiger partial charge in [-0.05, 0) is 37.6 Å². The molecule has 1 aromatic heterocycles. The zero-order valence-electron chi connectivity index (χ0n) is 10.2. The number of benzene rings is 1. The summed E-state index contributed by atoms with van der Waals surface area (Å²) in [4.78, 5) is 17.3. The van der Waals surface area contributed by atoms with Crippen LogP contribution in [0.4, 0.5) is 0 Å². The predicted molar refractivity (Wildman–Crippen MR) is 76.9 cm³/mol. The van der Waals surface area contributed by atoms with Crippen LogP contribution in [0, 0.1) is 13.8 Å². The smallest absolute Gasteiger partial charge is 0.251 e. The second kappa shape index (κ2) is 5.63. The highest BCUT2D eigenvalue weighted by Gasteiger charge is 2.07. The van der Waals surface area contributed by atoms with Crippen LogP contribution >= 0.6 is 27.3 Å². The Kier molecular flexibility index (Phi) is 4.14. The molecule has 0 saturated heterocycles. The van der Waals surface area contributed by atoms with Gasteiger partial charge in [-0.1, -0.05) is 15.9 Å². The molecule has 94 valence electrons. The Morgan fingerprint density at radius 3 is 2.83 bits per heavy atom. The minimum Gasteiger partial charge on any atom is -0.346 e. The molecule has 1 heterocycles. The van der Waals surface area contributed by atoms with Crippen molar-refractivity contribution in [1.29, 1.82) is 0 Å². The Balaban J connectivity index is 2.01. The van der Waals surface area contributed by atoms with Crippen LogP contribution < -0.4 is 5.32 Å². The van der Waals surface area contributed by atoms with Crippen molar-refractivity contribution in [2.75, 3.05) is 0 Å². The Hall–Kier alpha value is -1.20. The fourth-order valence-corrected chi connectivity index (χ4v) is 2.50. The van der Waals surface area contributed by atoms with E-state index in [2.05, 4.69) is 26.2 Å². The third-order valence-electron chi connectivity index (χ3n) is 2.49. The molecule has 3 nitrogen and oxygen atoms in total. The number of aromatic nitrogens is 1. The van der Waals surface area contributed by atoms with E-state index >= 15 is 0 Å². The Bertz CT molecular complexity index is 580. The molecule has 5 heteroatoms. The molecular formula is C13H13BrN2OS. The summed E-state index contributed by atoms with van der Waals surface area (Å²) in [5, 5.41) is 3.79. The maximum atomic E-state index is 11.9. The standard InChI is InChI=1S/C13H13BrN2OS/c1-8-5-10(3-4-11(8)14)13(17)16-7-12-15-6-9(2)18-12/h3-6H,7H2,1-2H3,(H,16,17). The van der Waals surface area contributed by atoms with Crippen molar-refractivity contribution in [3.05, 3.63) is 49.9 Å². The van der Waals surface area contributed by atoms with Crippen molar-refractivity contribution in [2.24, 2.45) is 0 Å². The third-order valence-corrected chi connectivity index (χ3v) is 4.29. The lowest BCUT2D eigenvalue weighted by Gasteiger charge is -2.05. The molecule has 1 N–H and O–H groups in total. The lowest BCUT2D eigenvalue weighted by Crippen LogP contribution is -2.22. The number of aryl methyl sites for hydroxylation is 2. The van der Waals surface area contributed by atoms with Crippen molar-refractivity contribution < 1.29 is 4.79 Å². The number of nitrogens with zero attached hydrogens (tertiary/aromatic N) is 1. The summed E-state index contributed by atoms with van der Waals surface area (Å²) in [7, 11) is 0. The van der Waals surface area contributed by atoms with Crippen molar-refractivity contribution in [1.82, 2.24) is 10.3 Å². The second-order valence-electron chi connectivity index (χ2n) is 4.01. The number of halogens is 1. The van der Waals surface area contributed by atoms with Gasteiger partial charge in [0.15, 0.2) is 0 Å². The largest absolute Gasteiger partial charge is 0.346 e. The average molecular weight is 325 g/mol. The van der Waals surface area contributed by atoms with Gasteiger partial charge in [0.1, 0.15) is 5.01 Å². The van der Waals surface area contributed by atoms with E-state index in [9.17, 15) is 4.79 Å². The summed E-state index contributed by atoms with van der Waals surface area (Å²) in [5.74, 6) is -0.0709. The van der Waals surface area contributed by atoms with Gasteiger partial charge in [0.05, 0.1) is 6.54 Å². The summed E-state index contributed by atoms with van der Waals surface area (Å²) in [6.45, 7) is 4.44. The van der Waals surface area contributed by atoms with Crippen molar-refractivity contribution in [3.63, 3.8) is 0 Å². The van der Waals surface area contributed by atoms with E-state index in [0.717, 1.165) is 19.9 Å². The van der Waals surface area contributed by atoms with Crippen LogP contribution in [-0.2, 0) is 6.54 Å². The molecule has 0 atom stereocenters. The molecule has 1 aromatic carbocycles. The van der Waals surface area contributed by atoms with Gasteiger partial charge in [-0.3, -0.25) is 4.79 Å². The molecule has 0 spiro atoms. The molecule has 0 aliphatic carbocycles. The van der Waals surface area contributed by atoms with Gasteiger partial charge in [-0.15, -0.1) is 11.3 Å². The molecule has 18 heavy (non-hydrogen) atoms. The molecule has 0 unspecified atom stereocenters. The summed E-state index contributed by atoms with van der Waals surface area (Å²) in [6.07, 6.45) is 1.82. The first-order chi connectivity index (χ1) is 8.56.